The zero-order valence-electron chi connectivity index (χ0n) is 16.4. The zero-order chi connectivity index (χ0) is 19.0. The molecule has 2 rings (SSSR count). The molecule has 1 atom stereocenters. The number of imide groups is 1. The maximum Gasteiger partial charge on any atom is 0.325 e. The van der Waals surface area contributed by atoms with Gasteiger partial charge in [0, 0.05) is 26.7 Å². The number of aliphatic imine (C=N–C) groups is 1. The minimum Gasteiger partial charge on any atom is -0.356 e. The average molecular weight is 364 g/mol. The Labute approximate surface area is 156 Å². The van der Waals surface area contributed by atoms with E-state index in [9.17, 15) is 9.59 Å². The number of hydrogen-bond donors (Lipinski definition) is 3. The normalized spacial score (nSPS) is 23.7. The van der Waals surface area contributed by atoms with Gasteiger partial charge in [0.1, 0.15) is 5.54 Å². The van der Waals surface area contributed by atoms with E-state index in [-0.39, 0.29) is 11.9 Å². The Bertz CT molecular complexity index is 572. The van der Waals surface area contributed by atoms with Gasteiger partial charge in [0.25, 0.3) is 5.91 Å². The number of hydrogen-bond acceptors (Lipinski definition) is 3. The summed E-state index contributed by atoms with van der Waals surface area (Å²) in [5.41, 5.74) is 0.785. The van der Waals surface area contributed by atoms with Crippen LogP contribution in [0.15, 0.2) is 16.6 Å². The Kier molecular flexibility index (Phi) is 7.48. The number of nitrogens with one attached hydrogen (secondary N) is 3. The first-order valence-corrected chi connectivity index (χ1v) is 9.76. The first-order valence-electron chi connectivity index (χ1n) is 9.76. The number of nitrogens with zero attached hydrogens (tertiary/aromatic N) is 2. The molecule has 1 heterocycles. The monoisotopic (exact) mass is 363 g/mol. The lowest BCUT2D eigenvalue weighted by molar-refractivity contribution is -0.130. The largest absolute Gasteiger partial charge is 0.356 e. The van der Waals surface area contributed by atoms with Crippen molar-refractivity contribution in [2.45, 2.75) is 64.3 Å². The van der Waals surface area contributed by atoms with Crippen LogP contribution in [0.4, 0.5) is 4.79 Å². The molecule has 146 valence electrons. The lowest BCUT2D eigenvalue weighted by Gasteiger charge is -2.19. The van der Waals surface area contributed by atoms with Gasteiger partial charge in [-0.05, 0) is 51.9 Å². The lowest BCUT2D eigenvalue weighted by Crippen LogP contribution is -2.43. The molecule has 1 unspecified atom stereocenters. The third-order valence-electron chi connectivity index (χ3n) is 5.25. The standard InChI is InChI=1S/C19H33N5O2/c1-4-19(2)16(25)24(18(26)23-19)14-8-12-21-17(20-3)22-13-11-15-9-6-5-7-10-15/h9H,4-8,10-14H2,1-3H3,(H,23,26)(H2,20,21,22). The minimum atomic E-state index is -0.754. The summed E-state index contributed by atoms with van der Waals surface area (Å²) in [5, 5.41) is 9.34. The molecule has 0 bridgehead atoms. The van der Waals surface area contributed by atoms with Gasteiger partial charge in [-0.3, -0.25) is 14.7 Å². The van der Waals surface area contributed by atoms with Crippen LogP contribution in [0.5, 0.6) is 0 Å². The molecule has 3 amide bonds. The summed E-state index contributed by atoms with van der Waals surface area (Å²) < 4.78 is 0. The van der Waals surface area contributed by atoms with Crippen molar-refractivity contribution in [2.75, 3.05) is 26.7 Å². The number of rotatable bonds is 8. The van der Waals surface area contributed by atoms with Crippen molar-refractivity contribution in [1.29, 1.82) is 0 Å². The van der Waals surface area contributed by atoms with E-state index in [1.807, 2.05) is 6.92 Å². The van der Waals surface area contributed by atoms with Gasteiger partial charge in [-0.2, -0.15) is 0 Å². The van der Waals surface area contributed by atoms with Crippen LogP contribution in [-0.2, 0) is 4.79 Å². The predicted octanol–water partition coefficient (Wildman–Crippen LogP) is 2.15. The van der Waals surface area contributed by atoms with E-state index < -0.39 is 5.54 Å². The number of carbonyl (C=O) groups excluding carboxylic acids is 2. The second-order valence-electron chi connectivity index (χ2n) is 7.21. The molecule has 1 fully saturated rings. The number of allylic oxidation sites excluding steroid dienone is 1. The van der Waals surface area contributed by atoms with Gasteiger partial charge in [0.05, 0.1) is 0 Å². The van der Waals surface area contributed by atoms with Crippen LogP contribution in [0.25, 0.3) is 0 Å². The molecule has 2 aliphatic rings. The smallest absolute Gasteiger partial charge is 0.325 e. The van der Waals surface area contributed by atoms with Crippen LogP contribution in [0.3, 0.4) is 0 Å². The fourth-order valence-corrected chi connectivity index (χ4v) is 3.33. The quantitative estimate of drug-likeness (QED) is 0.203. The summed E-state index contributed by atoms with van der Waals surface area (Å²) in [6, 6.07) is -0.289. The second kappa shape index (κ2) is 9.59. The van der Waals surface area contributed by atoms with Crippen molar-refractivity contribution >= 4 is 17.9 Å². The number of urea groups is 1. The molecular weight excluding hydrogens is 330 g/mol. The summed E-state index contributed by atoms with van der Waals surface area (Å²) in [6.45, 7) is 5.62. The van der Waals surface area contributed by atoms with Crippen molar-refractivity contribution in [3.8, 4) is 0 Å². The van der Waals surface area contributed by atoms with Crippen molar-refractivity contribution in [2.24, 2.45) is 4.99 Å². The van der Waals surface area contributed by atoms with Crippen LogP contribution in [0, 0.1) is 0 Å². The van der Waals surface area contributed by atoms with Crippen LogP contribution >= 0.6 is 0 Å². The lowest BCUT2D eigenvalue weighted by atomic mass is 9.97. The summed E-state index contributed by atoms with van der Waals surface area (Å²) in [4.78, 5) is 29.8. The second-order valence-corrected chi connectivity index (χ2v) is 7.21. The predicted molar refractivity (Wildman–Crippen MR) is 104 cm³/mol. The Morgan fingerprint density at radius 3 is 2.69 bits per heavy atom. The van der Waals surface area contributed by atoms with E-state index in [1.165, 1.54) is 36.2 Å². The fraction of sp³-hybridized carbons (Fsp3) is 0.737. The molecule has 7 heteroatoms. The number of amides is 3. The van der Waals surface area contributed by atoms with E-state index in [1.54, 1.807) is 14.0 Å². The summed E-state index contributed by atoms with van der Waals surface area (Å²) in [7, 11) is 1.75. The summed E-state index contributed by atoms with van der Waals surface area (Å²) in [5.74, 6) is 0.630. The SMILES string of the molecule is CCC1(C)NC(=O)N(CCCNC(=NC)NCCC2=CCCCC2)C1=O. The molecular formula is C19H33N5O2. The Morgan fingerprint density at radius 2 is 2.08 bits per heavy atom. The van der Waals surface area contributed by atoms with Gasteiger partial charge < -0.3 is 16.0 Å². The maximum atomic E-state index is 12.3. The first-order chi connectivity index (χ1) is 12.5. The zero-order valence-corrected chi connectivity index (χ0v) is 16.4. The highest BCUT2D eigenvalue weighted by Crippen LogP contribution is 2.21. The summed E-state index contributed by atoms with van der Waals surface area (Å²) in [6.07, 6.45) is 9.75. The molecule has 0 spiro atoms. The minimum absolute atomic E-state index is 0.131. The average Bonchev–Trinajstić information content (AvgIpc) is 2.87. The van der Waals surface area contributed by atoms with Gasteiger partial charge in [0.2, 0.25) is 0 Å². The number of guanidine groups is 1. The molecule has 1 saturated heterocycles. The molecule has 1 aliphatic heterocycles. The highest BCUT2D eigenvalue weighted by Gasteiger charge is 2.45. The third kappa shape index (κ3) is 5.22. The number of carbonyl (C=O) groups is 2. The van der Waals surface area contributed by atoms with Crippen molar-refractivity contribution in [1.82, 2.24) is 20.9 Å². The highest BCUT2D eigenvalue weighted by molar-refractivity contribution is 6.06. The van der Waals surface area contributed by atoms with Gasteiger partial charge in [-0.25, -0.2) is 4.79 Å². The molecule has 0 aromatic heterocycles. The van der Waals surface area contributed by atoms with Crippen molar-refractivity contribution in [3.05, 3.63) is 11.6 Å². The van der Waals surface area contributed by atoms with E-state index in [0.717, 1.165) is 18.9 Å². The van der Waals surface area contributed by atoms with Gasteiger partial charge in [-0.1, -0.05) is 18.6 Å². The Balaban J connectivity index is 1.65. The molecule has 7 nitrogen and oxygen atoms in total. The maximum absolute atomic E-state index is 12.3. The van der Waals surface area contributed by atoms with Gasteiger partial charge >= 0.3 is 6.03 Å². The molecule has 26 heavy (non-hydrogen) atoms. The van der Waals surface area contributed by atoms with Gasteiger partial charge in [0.15, 0.2) is 5.96 Å². The molecule has 0 radical (unpaired) electrons. The van der Waals surface area contributed by atoms with E-state index >= 15 is 0 Å². The van der Waals surface area contributed by atoms with E-state index in [0.29, 0.717) is 25.9 Å². The van der Waals surface area contributed by atoms with Crippen LogP contribution in [0.1, 0.15) is 58.8 Å². The fourth-order valence-electron chi connectivity index (χ4n) is 3.33. The van der Waals surface area contributed by atoms with E-state index in [2.05, 4.69) is 27.0 Å². The summed E-state index contributed by atoms with van der Waals surface area (Å²) >= 11 is 0. The molecule has 0 aromatic carbocycles. The highest BCUT2D eigenvalue weighted by atomic mass is 16.2. The van der Waals surface area contributed by atoms with Crippen LogP contribution < -0.4 is 16.0 Å². The van der Waals surface area contributed by atoms with Crippen molar-refractivity contribution in [3.63, 3.8) is 0 Å². The van der Waals surface area contributed by atoms with Crippen LogP contribution in [0.2, 0.25) is 0 Å². The Morgan fingerprint density at radius 1 is 1.31 bits per heavy atom. The third-order valence-corrected chi connectivity index (χ3v) is 5.25. The molecule has 0 aromatic rings. The van der Waals surface area contributed by atoms with E-state index in [4.69, 9.17) is 0 Å². The first kappa shape index (κ1) is 20.3. The molecule has 0 saturated carbocycles. The Hall–Kier alpha value is -2.05. The van der Waals surface area contributed by atoms with Gasteiger partial charge in [-0.15, -0.1) is 0 Å². The van der Waals surface area contributed by atoms with Crippen molar-refractivity contribution < 1.29 is 9.59 Å². The topological polar surface area (TPSA) is 85.8 Å². The molecule has 3 N–H and O–H groups in total. The molecule has 1 aliphatic carbocycles. The van der Waals surface area contributed by atoms with Crippen LogP contribution in [-0.4, -0.2) is 55.0 Å².